The first kappa shape index (κ1) is 10.8. The van der Waals surface area contributed by atoms with Crippen molar-refractivity contribution in [3.8, 4) is 0 Å². The first-order chi connectivity index (χ1) is 6.77. The zero-order valence-electron chi connectivity index (χ0n) is 8.86. The summed E-state index contributed by atoms with van der Waals surface area (Å²) in [6.07, 6.45) is 0.584. The Morgan fingerprint density at radius 1 is 1.21 bits per heavy atom. The Hall–Kier alpha value is -1.31. The van der Waals surface area contributed by atoms with Crippen LogP contribution in [0, 0.1) is 0 Å². The summed E-state index contributed by atoms with van der Waals surface area (Å²) in [6.45, 7) is 5.41. The van der Waals surface area contributed by atoms with Gasteiger partial charge in [-0.2, -0.15) is 0 Å². The number of nitrogens with zero attached hydrogens (tertiary/aromatic N) is 1. The van der Waals surface area contributed by atoms with Gasteiger partial charge >= 0.3 is 0 Å². The van der Waals surface area contributed by atoms with Crippen LogP contribution in [0.25, 0.3) is 0 Å². The molecule has 0 fully saturated rings. The van der Waals surface area contributed by atoms with E-state index in [4.69, 9.17) is 0 Å². The smallest absolute Gasteiger partial charge is 0.222 e. The molecule has 0 N–H and O–H groups in total. The lowest BCUT2D eigenvalue weighted by molar-refractivity contribution is -0.131. The second-order valence-corrected chi connectivity index (χ2v) is 3.25. The molecule has 0 aromatic heterocycles. The molecule has 2 heteroatoms. The Labute approximate surface area is 85.5 Å². The lowest BCUT2D eigenvalue weighted by atomic mass is 10.2. The van der Waals surface area contributed by atoms with E-state index in [2.05, 4.69) is 0 Å². The Morgan fingerprint density at radius 2 is 1.86 bits per heavy atom. The molecule has 0 aliphatic carbocycles. The van der Waals surface area contributed by atoms with Gasteiger partial charge in [-0.15, -0.1) is 0 Å². The molecule has 0 saturated heterocycles. The van der Waals surface area contributed by atoms with Crippen LogP contribution in [0.4, 0.5) is 0 Å². The van der Waals surface area contributed by atoms with Gasteiger partial charge in [0.15, 0.2) is 0 Å². The molecule has 0 unspecified atom stereocenters. The van der Waals surface area contributed by atoms with Crippen molar-refractivity contribution in [2.45, 2.75) is 26.8 Å². The molecule has 0 atom stereocenters. The van der Waals surface area contributed by atoms with Crippen molar-refractivity contribution in [3.63, 3.8) is 0 Å². The number of carbonyl (C=O) groups is 1. The van der Waals surface area contributed by atoms with E-state index in [0.717, 1.165) is 13.1 Å². The van der Waals surface area contributed by atoms with Crippen LogP contribution in [0.5, 0.6) is 0 Å². The summed E-state index contributed by atoms with van der Waals surface area (Å²) in [7, 11) is 0. The van der Waals surface area contributed by atoms with Crippen molar-refractivity contribution >= 4 is 5.91 Å². The second kappa shape index (κ2) is 5.43. The Bertz CT molecular complexity index is 282. The summed E-state index contributed by atoms with van der Waals surface area (Å²) in [5, 5.41) is 0. The molecule has 14 heavy (non-hydrogen) atoms. The lowest BCUT2D eigenvalue weighted by Gasteiger charge is -2.20. The van der Waals surface area contributed by atoms with E-state index in [-0.39, 0.29) is 5.91 Å². The minimum Gasteiger partial charge on any atom is -0.339 e. The molecular weight excluding hydrogens is 174 g/mol. The van der Waals surface area contributed by atoms with Crippen molar-refractivity contribution in [1.82, 2.24) is 4.90 Å². The highest BCUT2D eigenvalue weighted by atomic mass is 16.2. The van der Waals surface area contributed by atoms with E-state index in [1.165, 1.54) is 5.56 Å². The van der Waals surface area contributed by atoms with Gasteiger partial charge in [0.2, 0.25) is 5.91 Å². The maximum Gasteiger partial charge on any atom is 0.222 e. The van der Waals surface area contributed by atoms with Gasteiger partial charge in [0.25, 0.3) is 0 Å². The van der Waals surface area contributed by atoms with Crippen LogP contribution < -0.4 is 0 Å². The van der Waals surface area contributed by atoms with Gasteiger partial charge in [-0.1, -0.05) is 37.3 Å². The van der Waals surface area contributed by atoms with Crippen LogP contribution in [-0.2, 0) is 11.3 Å². The third-order valence-corrected chi connectivity index (χ3v) is 2.25. The largest absolute Gasteiger partial charge is 0.339 e. The topological polar surface area (TPSA) is 20.3 Å². The zero-order valence-corrected chi connectivity index (χ0v) is 8.86. The van der Waals surface area contributed by atoms with Crippen LogP contribution in [-0.4, -0.2) is 17.4 Å². The SMILES string of the molecule is CCC(=O)N(CC)Cc1ccccc1. The number of hydrogen-bond donors (Lipinski definition) is 0. The van der Waals surface area contributed by atoms with Crippen molar-refractivity contribution in [3.05, 3.63) is 35.9 Å². The molecular formula is C12H17NO. The quantitative estimate of drug-likeness (QED) is 0.715. The maximum absolute atomic E-state index is 11.5. The highest BCUT2D eigenvalue weighted by Crippen LogP contribution is 2.05. The molecule has 1 amide bonds. The molecule has 0 bridgehead atoms. The minimum absolute atomic E-state index is 0.219. The standard InChI is InChI=1S/C12H17NO/c1-3-12(14)13(4-2)10-11-8-6-5-7-9-11/h5-9H,3-4,10H2,1-2H3. The van der Waals surface area contributed by atoms with Gasteiger partial charge < -0.3 is 4.90 Å². The fourth-order valence-corrected chi connectivity index (χ4v) is 1.40. The van der Waals surface area contributed by atoms with Crippen LogP contribution >= 0.6 is 0 Å². The molecule has 0 radical (unpaired) electrons. The van der Waals surface area contributed by atoms with E-state index in [0.29, 0.717) is 6.42 Å². The molecule has 0 saturated carbocycles. The van der Waals surface area contributed by atoms with Crippen LogP contribution in [0.15, 0.2) is 30.3 Å². The molecule has 1 aromatic rings. The van der Waals surface area contributed by atoms with E-state index in [1.54, 1.807) is 0 Å². The van der Waals surface area contributed by atoms with E-state index >= 15 is 0 Å². The molecule has 0 heterocycles. The molecule has 76 valence electrons. The number of rotatable bonds is 4. The predicted octanol–water partition coefficient (Wildman–Crippen LogP) is 2.45. The number of hydrogen-bond acceptors (Lipinski definition) is 1. The maximum atomic E-state index is 11.5. The van der Waals surface area contributed by atoms with Gasteiger partial charge in [0.1, 0.15) is 0 Å². The second-order valence-electron chi connectivity index (χ2n) is 3.25. The molecule has 0 aliphatic rings. The van der Waals surface area contributed by atoms with Gasteiger partial charge in [-0.3, -0.25) is 4.79 Å². The van der Waals surface area contributed by atoms with Gasteiger partial charge in [0.05, 0.1) is 0 Å². The summed E-state index contributed by atoms with van der Waals surface area (Å²) in [5.41, 5.74) is 1.19. The fraction of sp³-hybridized carbons (Fsp3) is 0.417. The summed E-state index contributed by atoms with van der Waals surface area (Å²) >= 11 is 0. The lowest BCUT2D eigenvalue weighted by Crippen LogP contribution is -2.29. The van der Waals surface area contributed by atoms with Crippen molar-refractivity contribution in [1.29, 1.82) is 0 Å². The molecule has 0 aliphatic heterocycles. The molecule has 2 nitrogen and oxygen atoms in total. The Balaban J connectivity index is 2.62. The van der Waals surface area contributed by atoms with Crippen molar-refractivity contribution in [2.24, 2.45) is 0 Å². The van der Waals surface area contributed by atoms with E-state index < -0.39 is 0 Å². The summed E-state index contributed by atoms with van der Waals surface area (Å²) in [6, 6.07) is 10.1. The highest BCUT2D eigenvalue weighted by molar-refractivity contribution is 5.75. The Morgan fingerprint density at radius 3 is 2.36 bits per heavy atom. The van der Waals surface area contributed by atoms with Crippen LogP contribution in [0.3, 0.4) is 0 Å². The third kappa shape index (κ3) is 2.87. The summed E-state index contributed by atoms with van der Waals surface area (Å²) in [4.78, 5) is 13.3. The number of carbonyl (C=O) groups excluding carboxylic acids is 1. The number of amides is 1. The van der Waals surface area contributed by atoms with Gasteiger partial charge in [-0.25, -0.2) is 0 Å². The minimum atomic E-state index is 0.219. The third-order valence-electron chi connectivity index (χ3n) is 2.25. The zero-order chi connectivity index (χ0) is 10.4. The van der Waals surface area contributed by atoms with Crippen LogP contribution in [0.2, 0.25) is 0 Å². The normalized spacial score (nSPS) is 9.86. The average Bonchev–Trinajstić information content (AvgIpc) is 2.26. The van der Waals surface area contributed by atoms with E-state index in [1.807, 2.05) is 49.1 Å². The highest BCUT2D eigenvalue weighted by Gasteiger charge is 2.08. The molecule has 0 spiro atoms. The van der Waals surface area contributed by atoms with Crippen molar-refractivity contribution < 1.29 is 4.79 Å². The monoisotopic (exact) mass is 191 g/mol. The first-order valence-electron chi connectivity index (χ1n) is 5.09. The summed E-state index contributed by atoms with van der Waals surface area (Å²) in [5.74, 6) is 0.219. The number of benzene rings is 1. The first-order valence-corrected chi connectivity index (χ1v) is 5.09. The Kier molecular flexibility index (Phi) is 4.17. The predicted molar refractivity (Wildman–Crippen MR) is 57.8 cm³/mol. The van der Waals surface area contributed by atoms with Crippen molar-refractivity contribution in [2.75, 3.05) is 6.54 Å². The molecule has 1 aromatic carbocycles. The van der Waals surface area contributed by atoms with Gasteiger partial charge in [0, 0.05) is 19.5 Å². The molecule has 1 rings (SSSR count). The van der Waals surface area contributed by atoms with E-state index in [9.17, 15) is 4.79 Å². The fourth-order valence-electron chi connectivity index (χ4n) is 1.40. The van der Waals surface area contributed by atoms with Gasteiger partial charge in [-0.05, 0) is 12.5 Å². The average molecular weight is 191 g/mol. The summed E-state index contributed by atoms with van der Waals surface area (Å²) < 4.78 is 0. The van der Waals surface area contributed by atoms with Crippen LogP contribution in [0.1, 0.15) is 25.8 Å².